The van der Waals surface area contributed by atoms with Crippen molar-refractivity contribution in [3.8, 4) is 78.8 Å². The molecule has 4 heteroatoms. The monoisotopic (exact) mass is 764 g/mol. The molecule has 0 saturated heterocycles. The van der Waals surface area contributed by atoms with Gasteiger partial charge in [-0.15, -0.1) is 0 Å². The molecule has 4 nitrogen and oxygen atoms in total. The van der Waals surface area contributed by atoms with Crippen LogP contribution in [0.3, 0.4) is 0 Å². The van der Waals surface area contributed by atoms with Gasteiger partial charge in [-0.05, 0) is 79.9 Å². The largest absolute Gasteiger partial charge is 0.247 e. The smallest absolute Gasteiger partial charge is 0.164 e. The van der Waals surface area contributed by atoms with Crippen LogP contribution in [0.25, 0.3) is 111 Å². The Bertz CT molecular complexity index is 3360. The number of nitrogens with zero attached hydrogens (tertiary/aromatic N) is 4. The molecular formula is C56H36N4. The molecular weight excluding hydrogens is 729 g/mol. The van der Waals surface area contributed by atoms with Gasteiger partial charge >= 0.3 is 0 Å². The molecule has 0 aliphatic carbocycles. The van der Waals surface area contributed by atoms with E-state index >= 15 is 0 Å². The fraction of sp³-hybridized carbons (Fsp3) is 0. The highest BCUT2D eigenvalue weighted by molar-refractivity contribution is 6.14. The van der Waals surface area contributed by atoms with Gasteiger partial charge in [0.2, 0.25) is 0 Å². The maximum absolute atomic E-state index is 5.31. The minimum absolute atomic E-state index is 0.625. The van der Waals surface area contributed by atoms with E-state index < -0.39 is 0 Å². The zero-order valence-corrected chi connectivity index (χ0v) is 32.6. The van der Waals surface area contributed by atoms with E-state index in [1.807, 2.05) is 36.4 Å². The number of hydrogen-bond acceptors (Lipinski definition) is 4. The zero-order valence-electron chi connectivity index (χ0n) is 32.6. The van der Waals surface area contributed by atoms with Crippen molar-refractivity contribution in [1.82, 2.24) is 19.9 Å². The van der Waals surface area contributed by atoms with Crippen molar-refractivity contribution in [1.29, 1.82) is 0 Å². The molecule has 0 bridgehead atoms. The molecule has 11 aromatic rings. The van der Waals surface area contributed by atoms with E-state index in [2.05, 4.69) is 182 Å². The van der Waals surface area contributed by atoms with Gasteiger partial charge in [0.05, 0.1) is 11.2 Å². The lowest BCUT2D eigenvalue weighted by atomic mass is 9.94. The van der Waals surface area contributed by atoms with E-state index in [0.717, 1.165) is 66.7 Å². The molecule has 0 saturated carbocycles. The summed E-state index contributed by atoms with van der Waals surface area (Å²) in [4.78, 5) is 20.4. The number of fused-ring (bicyclic) bond motifs is 4. The summed E-state index contributed by atoms with van der Waals surface area (Å²) in [6.07, 6.45) is 0. The average Bonchev–Trinajstić information content (AvgIpc) is 3.34. The summed E-state index contributed by atoms with van der Waals surface area (Å²) in [6, 6.07) is 76.5. The zero-order chi connectivity index (χ0) is 39.8. The first kappa shape index (κ1) is 35.1. The molecule has 2 aromatic heterocycles. The summed E-state index contributed by atoms with van der Waals surface area (Å²) < 4.78 is 0. The van der Waals surface area contributed by atoms with E-state index in [4.69, 9.17) is 19.9 Å². The van der Waals surface area contributed by atoms with Crippen LogP contribution in [0.5, 0.6) is 0 Å². The molecule has 0 atom stereocenters. The van der Waals surface area contributed by atoms with Crippen molar-refractivity contribution in [3.63, 3.8) is 0 Å². The Morgan fingerprint density at radius 3 is 1.25 bits per heavy atom. The first-order valence-corrected chi connectivity index (χ1v) is 20.2. The molecule has 0 aliphatic heterocycles. The standard InChI is InChI=1S/C56H36N4/c1-3-14-37(15-4-1)38-28-30-40(31-29-38)55-58-54(39-16-5-2-6-17-39)59-56(60-55)48-25-13-23-44(34-48)42-21-11-20-41(32-42)43-22-12-24-47(33-43)53-50-27-10-9-26-49(50)51-35-45-18-7-8-19-46(45)36-52(51)57-53/h1-36H. The summed E-state index contributed by atoms with van der Waals surface area (Å²) >= 11 is 0. The Labute approximate surface area is 348 Å². The number of rotatable bonds is 7. The second-order valence-electron chi connectivity index (χ2n) is 15.1. The second-order valence-corrected chi connectivity index (χ2v) is 15.1. The molecule has 0 spiro atoms. The van der Waals surface area contributed by atoms with Crippen LogP contribution >= 0.6 is 0 Å². The van der Waals surface area contributed by atoms with Gasteiger partial charge in [0.1, 0.15) is 0 Å². The summed E-state index contributed by atoms with van der Waals surface area (Å²) in [5, 5.41) is 5.93. The molecule has 0 fully saturated rings. The van der Waals surface area contributed by atoms with Gasteiger partial charge in [-0.2, -0.15) is 0 Å². The number of aromatic nitrogens is 4. The van der Waals surface area contributed by atoms with Crippen molar-refractivity contribution in [2.24, 2.45) is 0 Å². The number of hydrogen-bond donors (Lipinski definition) is 0. The van der Waals surface area contributed by atoms with E-state index in [1.165, 1.54) is 27.1 Å². The predicted octanol–water partition coefficient (Wildman–Crippen LogP) is 14.4. The molecule has 0 unspecified atom stereocenters. The lowest BCUT2D eigenvalue weighted by Gasteiger charge is -2.13. The fourth-order valence-electron chi connectivity index (χ4n) is 8.22. The van der Waals surface area contributed by atoms with Gasteiger partial charge in [-0.1, -0.05) is 188 Å². The van der Waals surface area contributed by atoms with E-state index in [0.29, 0.717) is 17.5 Å². The van der Waals surface area contributed by atoms with E-state index in [-0.39, 0.29) is 0 Å². The minimum atomic E-state index is 0.625. The Balaban J connectivity index is 0.957. The van der Waals surface area contributed by atoms with Crippen LogP contribution in [-0.2, 0) is 0 Å². The van der Waals surface area contributed by atoms with Gasteiger partial charge < -0.3 is 0 Å². The first-order valence-electron chi connectivity index (χ1n) is 20.2. The predicted molar refractivity (Wildman–Crippen MR) is 248 cm³/mol. The number of benzene rings is 9. The summed E-state index contributed by atoms with van der Waals surface area (Å²) in [7, 11) is 0. The molecule has 0 N–H and O–H groups in total. The van der Waals surface area contributed by atoms with Crippen LogP contribution in [0.4, 0.5) is 0 Å². The maximum atomic E-state index is 5.31. The normalized spacial score (nSPS) is 11.3. The molecule has 9 aromatic carbocycles. The lowest BCUT2D eigenvalue weighted by molar-refractivity contribution is 1.07. The van der Waals surface area contributed by atoms with Crippen molar-refractivity contribution >= 4 is 32.4 Å². The van der Waals surface area contributed by atoms with E-state index in [9.17, 15) is 0 Å². The summed E-state index contributed by atoms with van der Waals surface area (Å²) in [5.74, 6) is 1.89. The average molecular weight is 765 g/mol. The highest BCUT2D eigenvalue weighted by Crippen LogP contribution is 2.37. The quantitative estimate of drug-likeness (QED) is 0.120. The minimum Gasteiger partial charge on any atom is -0.247 e. The van der Waals surface area contributed by atoms with Crippen LogP contribution in [0.15, 0.2) is 218 Å². The third-order valence-corrected chi connectivity index (χ3v) is 11.3. The highest BCUT2D eigenvalue weighted by Gasteiger charge is 2.15. The van der Waals surface area contributed by atoms with Crippen LogP contribution < -0.4 is 0 Å². The van der Waals surface area contributed by atoms with Crippen LogP contribution in [0.2, 0.25) is 0 Å². The Morgan fingerprint density at radius 1 is 0.217 bits per heavy atom. The fourth-order valence-corrected chi connectivity index (χ4v) is 8.22. The van der Waals surface area contributed by atoms with Crippen molar-refractivity contribution in [2.45, 2.75) is 0 Å². The number of pyridine rings is 1. The summed E-state index contributed by atoms with van der Waals surface area (Å²) in [5.41, 5.74) is 12.6. The van der Waals surface area contributed by atoms with E-state index in [1.54, 1.807) is 0 Å². The third-order valence-electron chi connectivity index (χ3n) is 11.3. The van der Waals surface area contributed by atoms with Crippen molar-refractivity contribution < 1.29 is 0 Å². The van der Waals surface area contributed by atoms with Gasteiger partial charge in [0.15, 0.2) is 17.5 Å². The van der Waals surface area contributed by atoms with Crippen LogP contribution in [0.1, 0.15) is 0 Å². The first-order chi connectivity index (χ1) is 29.7. The molecule has 2 heterocycles. The van der Waals surface area contributed by atoms with Crippen molar-refractivity contribution in [3.05, 3.63) is 218 Å². The maximum Gasteiger partial charge on any atom is 0.164 e. The van der Waals surface area contributed by atoms with Gasteiger partial charge in [-0.25, -0.2) is 19.9 Å². The molecule has 0 radical (unpaired) electrons. The van der Waals surface area contributed by atoms with Crippen LogP contribution in [0, 0.1) is 0 Å². The second kappa shape index (κ2) is 15.0. The third kappa shape index (κ3) is 6.66. The summed E-state index contributed by atoms with van der Waals surface area (Å²) in [6.45, 7) is 0. The van der Waals surface area contributed by atoms with Gasteiger partial charge in [0, 0.05) is 33.0 Å². The molecule has 0 aliphatic rings. The highest BCUT2D eigenvalue weighted by atomic mass is 15.0. The lowest BCUT2D eigenvalue weighted by Crippen LogP contribution is -2.00. The van der Waals surface area contributed by atoms with Gasteiger partial charge in [0.25, 0.3) is 0 Å². The van der Waals surface area contributed by atoms with Crippen LogP contribution in [-0.4, -0.2) is 19.9 Å². The van der Waals surface area contributed by atoms with Crippen molar-refractivity contribution in [2.75, 3.05) is 0 Å². The van der Waals surface area contributed by atoms with Gasteiger partial charge in [-0.3, -0.25) is 0 Å². The molecule has 60 heavy (non-hydrogen) atoms. The SMILES string of the molecule is c1ccc(-c2ccc(-c3nc(-c4ccccc4)nc(-c4cccc(-c5cccc(-c6cccc(-c7nc8cc9ccccc9cc8c8ccccc78)c6)c5)c4)n3)cc2)cc1. The molecule has 280 valence electrons. The Kier molecular flexibility index (Phi) is 8.79. The Morgan fingerprint density at radius 2 is 0.617 bits per heavy atom. The molecule has 11 rings (SSSR count). The molecule has 0 amide bonds. The topological polar surface area (TPSA) is 51.6 Å². The Hall–Kier alpha value is -8.08.